The Labute approximate surface area is 197 Å². The molecule has 0 atom stereocenters. The zero-order valence-corrected chi connectivity index (χ0v) is 19.2. The van der Waals surface area contributed by atoms with Crippen LogP contribution < -0.4 is 9.47 Å². The van der Waals surface area contributed by atoms with Gasteiger partial charge in [-0.1, -0.05) is 24.3 Å². The largest absolute Gasteiger partial charge is 0.493 e. The van der Waals surface area contributed by atoms with Crippen LogP contribution in [0.2, 0.25) is 0 Å². The maximum Gasteiger partial charge on any atom is 0.254 e. The van der Waals surface area contributed by atoms with Crippen molar-refractivity contribution < 1.29 is 19.0 Å². The zero-order valence-electron chi connectivity index (χ0n) is 19.2. The average Bonchev–Trinajstić information content (AvgIpc) is 2.92. The Morgan fingerprint density at radius 2 is 1.50 bits per heavy atom. The number of hydrogen-bond donors (Lipinski definition) is 0. The lowest BCUT2D eigenvalue weighted by Crippen LogP contribution is -2.40. The molecule has 172 valence electrons. The van der Waals surface area contributed by atoms with E-state index in [0.29, 0.717) is 43.4 Å². The highest BCUT2D eigenvalue weighted by Gasteiger charge is 2.19. The Balaban J connectivity index is 1.50. The summed E-state index contributed by atoms with van der Waals surface area (Å²) in [4.78, 5) is 23.6. The first kappa shape index (κ1) is 21.9. The van der Waals surface area contributed by atoms with Crippen LogP contribution in [0.3, 0.4) is 0 Å². The Hall–Kier alpha value is -3.97. The number of amides is 1. The van der Waals surface area contributed by atoms with Crippen molar-refractivity contribution in [3.63, 3.8) is 0 Å². The number of carbonyl (C=O) groups is 1. The van der Waals surface area contributed by atoms with Gasteiger partial charge in [-0.25, -0.2) is 9.97 Å². The topological polar surface area (TPSA) is 73.8 Å². The van der Waals surface area contributed by atoms with Crippen LogP contribution in [0.4, 0.5) is 0 Å². The van der Waals surface area contributed by atoms with Crippen molar-refractivity contribution in [3.05, 3.63) is 72.6 Å². The van der Waals surface area contributed by atoms with Crippen molar-refractivity contribution in [2.24, 2.45) is 0 Å². The number of aromatic nitrogens is 2. The van der Waals surface area contributed by atoms with Crippen molar-refractivity contribution in [1.29, 1.82) is 0 Å². The normalized spacial score (nSPS) is 13.6. The molecule has 4 aromatic rings. The minimum absolute atomic E-state index is 0.0261. The monoisotopic (exact) mass is 455 g/mol. The second-order valence-corrected chi connectivity index (χ2v) is 8.01. The SMILES string of the molecule is COc1ccc(-c2ccc3ncnc(-c4ccc(C(=O)N5CCOCC5)cc4)c3c2)cc1OC. The second kappa shape index (κ2) is 9.49. The van der Waals surface area contributed by atoms with Crippen molar-refractivity contribution in [3.8, 4) is 33.9 Å². The number of carbonyl (C=O) groups excluding carboxylic acids is 1. The molecule has 7 nitrogen and oxygen atoms in total. The fraction of sp³-hybridized carbons (Fsp3) is 0.222. The lowest BCUT2D eigenvalue weighted by Gasteiger charge is -2.26. The maximum atomic E-state index is 12.8. The van der Waals surface area contributed by atoms with E-state index in [9.17, 15) is 4.79 Å². The lowest BCUT2D eigenvalue weighted by atomic mass is 9.99. The van der Waals surface area contributed by atoms with E-state index in [1.165, 1.54) is 0 Å². The molecule has 0 aliphatic carbocycles. The molecule has 1 aliphatic rings. The van der Waals surface area contributed by atoms with Crippen LogP contribution in [0, 0.1) is 0 Å². The van der Waals surface area contributed by atoms with Gasteiger partial charge in [-0.3, -0.25) is 4.79 Å². The van der Waals surface area contributed by atoms with Gasteiger partial charge in [0, 0.05) is 29.6 Å². The van der Waals surface area contributed by atoms with Gasteiger partial charge in [-0.05, 0) is 47.5 Å². The highest BCUT2D eigenvalue weighted by molar-refractivity contribution is 5.97. The zero-order chi connectivity index (χ0) is 23.5. The van der Waals surface area contributed by atoms with E-state index in [2.05, 4.69) is 16.0 Å². The van der Waals surface area contributed by atoms with Crippen molar-refractivity contribution in [2.75, 3.05) is 40.5 Å². The molecule has 0 bridgehead atoms. The fourth-order valence-electron chi connectivity index (χ4n) is 4.20. The molecule has 1 amide bonds. The van der Waals surface area contributed by atoms with E-state index in [1.54, 1.807) is 20.5 Å². The molecule has 0 unspecified atom stereocenters. The molecule has 0 radical (unpaired) electrons. The summed E-state index contributed by atoms with van der Waals surface area (Å²) in [6.45, 7) is 2.41. The van der Waals surface area contributed by atoms with E-state index >= 15 is 0 Å². The summed E-state index contributed by atoms with van der Waals surface area (Å²) in [6.07, 6.45) is 1.57. The van der Waals surface area contributed by atoms with Crippen LogP contribution >= 0.6 is 0 Å². The summed E-state index contributed by atoms with van der Waals surface area (Å²) in [5.41, 5.74) is 5.27. The van der Waals surface area contributed by atoms with Crippen LogP contribution in [-0.4, -0.2) is 61.3 Å². The number of morpholine rings is 1. The standard InChI is InChI=1S/C27H25N3O4/c1-32-24-10-8-21(16-25(24)33-2)20-7-9-23-22(15-20)26(29-17-28-23)18-3-5-19(6-4-18)27(31)30-11-13-34-14-12-30/h3-10,15-17H,11-14H2,1-2H3. The van der Waals surface area contributed by atoms with Crippen LogP contribution in [0.5, 0.6) is 11.5 Å². The van der Waals surface area contributed by atoms with Gasteiger partial charge in [-0.2, -0.15) is 0 Å². The summed E-state index contributed by atoms with van der Waals surface area (Å²) in [5, 5.41) is 0.932. The van der Waals surface area contributed by atoms with Gasteiger partial charge in [0.15, 0.2) is 11.5 Å². The minimum Gasteiger partial charge on any atom is -0.493 e. The highest BCUT2D eigenvalue weighted by Crippen LogP contribution is 2.34. The van der Waals surface area contributed by atoms with Gasteiger partial charge >= 0.3 is 0 Å². The van der Waals surface area contributed by atoms with Crippen LogP contribution in [-0.2, 0) is 4.74 Å². The fourth-order valence-corrected chi connectivity index (χ4v) is 4.20. The molecule has 5 rings (SSSR count). The summed E-state index contributed by atoms with van der Waals surface area (Å²) < 4.78 is 16.2. The molecule has 1 aliphatic heterocycles. The molecule has 1 fully saturated rings. The number of ether oxygens (including phenoxy) is 3. The Kier molecular flexibility index (Phi) is 6.10. The third-order valence-corrected chi connectivity index (χ3v) is 6.06. The Morgan fingerprint density at radius 3 is 2.24 bits per heavy atom. The van der Waals surface area contributed by atoms with Gasteiger partial charge in [0.05, 0.1) is 38.6 Å². The molecular formula is C27H25N3O4. The van der Waals surface area contributed by atoms with Gasteiger partial charge < -0.3 is 19.1 Å². The van der Waals surface area contributed by atoms with E-state index in [1.807, 2.05) is 59.5 Å². The quantitative estimate of drug-likeness (QED) is 0.443. The first-order valence-electron chi connectivity index (χ1n) is 11.1. The number of benzene rings is 3. The molecule has 3 aromatic carbocycles. The highest BCUT2D eigenvalue weighted by atomic mass is 16.5. The van der Waals surface area contributed by atoms with E-state index in [0.717, 1.165) is 33.3 Å². The number of fused-ring (bicyclic) bond motifs is 1. The molecule has 2 heterocycles. The molecule has 0 N–H and O–H groups in total. The Bertz CT molecular complexity index is 1330. The van der Waals surface area contributed by atoms with Gasteiger partial charge in [0.25, 0.3) is 5.91 Å². The summed E-state index contributed by atoms with van der Waals surface area (Å²) in [7, 11) is 3.25. The minimum atomic E-state index is 0.0261. The third-order valence-electron chi connectivity index (χ3n) is 6.06. The smallest absolute Gasteiger partial charge is 0.254 e. The van der Waals surface area contributed by atoms with Gasteiger partial charge in [0.2, 0.25) is 0 Å². The number of rotatable bonds is 5. The van der Waals surface area contributed by atoms with Crippen molar-refractivity contribution in [2.45, 2.75) is 0 Å². The first-order valence-corrected chi connectivity index (χ1v) is 11.1. The van der Waals surface area contributed by atoms with E-state index in [-0.39, 0.29) is 5.91 Å². The second-order valence-electron chi connectivity index (χ2n) is 8.01. The number of methoxy groups -OCH3 is 2. The van der Waals surface area contributed by atoms with E-state index < -0.39 is 0 Å². The molecule has 1 aromatic heterocycles. The van der Waals surface area contributed by atoms with Gasteiger partial charge in [0.1, 0.15) is 6.33 Å². The molecule has 0 spiro atoms. The van der Waals surface area contributed by atoms with Gasteiger partial charge in [-0.15, -0.1) is 0 Å². The Morgan fingerprint density at radius 1 is 0.824 bits per heavy atom. The summed E-state index contributed by atoms with van der Waals surface area (Å²) >= 11 is 0. The molecule has 34 heavy (non-hydrogen) atoms. The predicted octanol–water partition coefficient (Wildman–Crippen LogP) is 4.45. The molecule has 0 saturated carbocycles. The summed E-state index contributed by atoms with van der Waals surface area (Å²) in [5.74, 6) is 1.38. The van der Waals surface area contributed by atoms with Crippen LogP contribution in [0.15, 0.2) is 67.0 Å². The first-order chi connectivity index (χ1) is 16.7. The number of nitrogens with zero attached hydrogens (tertiary/aromatic N) is 3. The van der Waals surface area contributed by atoms with Crippen molar-refractivity contribution in [1.82, 2.24) is 14.9 Å². The molecule has 1 saturated heterocycles. The van der Waals surface area contributed by atoms with Crippen LogP contribution in [0.25, 0.3) is 33.3 Å². The van der Waals surface area contributed by atoms with Crippen LogP contribution in [0.1, 0.15) is 10.4 Å². The third kappa shape index (κ3) is 4.18. The maximum absolute atomic E-state index is 12.8. The number of hydrogen-bond acceptors (Lipinski definition) is 6. The average molecular weight is 456 g/mol. The van der Waals surface area contributed by atoms with Crippen molar-refractivity contribution >= 4 is 16.8 Å². The molecular weight excluding hydrogens is 430 g/mol. The lowest BCUT2D eigenvalue weighted by molar-refractivity contribution is 0.0303. The summed E-state index contributed by atoms with van der Waals surface area (Å²) in [6, 6.07) is 19.6. The molecule has 7 heteroatoms. The predicted molar refractivity (Wildman–Crippen MR) is 130 cm³/mol. The van der Waals surface area contributed by atoms with E-state index in [4.69, 9.17) is 14.2 Å².